The Morgan fingerprint density at radius 1 is 0.795 bits per heavy atom. The van der Waals surface area contributed by atoms with Crippen molar-refractivity contribution >= 4 is 21.8 Å². The van der Waals surface area contributed by atoms with Gasteiger partial charge >= 0.3 is 0 Å². The summed E-state index contributed by atoms with van der Waals surface area (Å²) in [6.45, 7) is 21.4. The molecule has 0 spiro atoms. The molecule has 0 radical (unpaired) electrons. The molecule has 1 aliphatic carbocycles. The van der Waals surface area contributed by atoms with Crippen molar-refractivity contribution in [3.8, 4) is 16.8 Å². The second kappa shape index (κ2) is 8.55. The van der Waals surface area contributed by atoms with Crippen molar-refractivity contribution < 1.29 is 4.57 Å². The fraction of sp³-hybridized carbons (Fsp3) is 0.378. The molecule has 0 saturated heterocycles. The topological polar surface area (TPSA) is 8.81 Å². The van der Waals surface area contributed by atoms with Gasteiger partial charge in [-0.05, 0) is 84.5 Å². The molecule has 6 rings (SSSR count). The molecule has 0 saturated carbocycles. The molecule has 2 heteroatoms. The highest BCUT2D eigenvalue weighted by molar-refractivity contribution is 6.03. The lowest BCUT2D eigenvalue weighted by Crippen LogP contribution is -2.44. The third-order valence-corrected chi connectivity index (χ3v) is 8.97. The molecule has 200 valence electrons. The summed E-state index contributed by atoms with van der Waals surface area (Å²) in [5.74, 6) is 2.08. The van der Waals surface area contributed by atoms with Crippen LogP contribution in [0.15, 0.2) is 66.7 Å². The van der Waals surface area contributed by atoms with E-state index in [-0.39, 0.29) is 10.8 Å². The van der Waals surface area contributed by atoms with Gasteiger partial charge in [0.05, 0.1) is 12.5 Å². The van der Waals surface area contributed by atoms with Gasteiger partial charge in [0, 0.05) is 21.9 Å². The van der Waals surface area contributed by atoms with Crippen molar-refractivity contribution in [2.45, 2.75) is 85.0 Å². The normalized spacial score (nSPS) is 14.6. The Balaban J connectivity index is 1.90. The standard InChI is InChI=1S/C37H43N2/c1-22(2)27-21-28-26-17-13-14-18-29(26)37(8,9)32(28)31(23(3)4)34(27)39-33-25-16-12-11-15-24(25)19-20-30(33)38(10)35(39)36(5,6)7/h11-23H,1-10H3/q+1. The molecule has 0 amide bonds. The van der Waals surface area contributed by atoms with Gasteiger partial charge < -0.3 is 0 Å². The zero-order valence-electron chi connectivity index (χ0n) is 25.4. The lowest BCUT2D eigenvalue weighted by molar-refractivity contribution is -0.582. The average molecular weight is 516 g/mol. The highest BCUT2D eigenvalue weighted by Gasteiger charge is 2.43. The van der Waals surface area contributed by atoms with Gasteiger partial charge in [0.2, 0.25) is 0 Å². The summed E-state index contributed by atoms with van der Waals surface area (Å²) >= 11 is 0. The van der Waals surface area contributed by atoms with Crippen molar-refractivity contribution in [3.05, 3.63) is 94.8 Å². The summed E-state index contributed by atoms with van der Waals surface area (Å²) in [6.07, 6.45) is 0. The van der Waals surface area contributed by atoms with E-state index in [2.05, 4.69) is 145 Å². The van der Waals surface area contributed by atoms with E-state index in [0.29, 0.717) is 11.8 Å². The molecule has 1 aliphatic rings. The summed E-state index contributed by atoms with van der Waals surface area (Å²) in [5, 5.41) is 2.60. The van der Waals surface area contributed by atoms with Crippen LogP contribution in [0.4, 0.5) is 0 Å². The van der Waals surface area contributed by atoms with Crippen molar-refractivity contribution in [2.75, 3.05) is 0 Å². The lowest BCUT2D eigenvalue weighted by atomic mass is 9.76. The molecule has 0 bridgehead atoms. The van der Waals surface area contributed by atoms with Crippen LogP contribution in [0.1, 0.15) is 102 Å². The van der Waals surface area contributed by atoms with Crippen LogP contribution in [-0.4, -0.2) is 4.57 Å². The van der Waals surface area contributed by atoms with Crippen LogP contribution in [0.5, 0.6) is 0 Å². The van der Waals surface area contributed by atoms with E-state index >= 15 is 0 Å². The highest BCUT2D eigenvalue weighted by Crippen LogP contribution is 2.53. The first-order valence-electron chi connectivity index (χ1n) is 14.6. The van der Waals surface area contributed by atoms with E-state index in [1.807, 2.05) is 0 Å². The summed E-state index contributed by atoms with van der Waals surface area (Å²) in [6, 6.07) is 25.1. The minimum atomic E-state index is -0.0646. The van der Waals surface area contributed by atoms with Crippen molar-refractivity contribution in [3.63, 3.8) is 0 Å². The average Bonchev–Trinajstić information content (AvgIpc) is 3.31. The maximum Gasteiger partial charge on any atom is 0.267 e. The quantitative estimate of drug-likeness (QED) is 0.212. The summed E-state index contributed by atoms with van der Waals surface area (Å²) in [5.41, 5.74) is 12.6. The van der Waals surface area contributed by atoms with Crippen molar-refractivity contribution in [2.24, 2.45) is 7.05 Å². The molecule has 0 aliphatic heterocycles. The third kappa shape index (κ3) is 3.56. The van der Waals surface area contributed by atoms with E-state index in [9.17, 15) is 0 Å². The Morgan fingerprint density at radius 3 is 2.13 bits per heavy atom. The molecule has 1 aromatic heterocycles. The van der Waals surface area contributed by atoms with Crippen LogP contribution in [0.2, 0.25) is 0 Å². The fourth-order valence-corrected chi connectivity index (χ4v) is 7.43. The number of nitrogens with zero attached hydrogens (tertiary/aromatic N) is 2. The molecule has 0 atom stereocenters. The minimum absolute atomic E-state index is 0.0606. The number of imidazole rings is 1. The Labute approximate surface area is 234 Å². The van der Waals surface area contributed by atoms with Gasteiger partial charge in [-0.15, -0.1) is 0 Å². The van der Waals surface area contributed by atoms with E-state index in [1.54, 1.807) is 0 Å². The molecule has 2 nitrogen and oxygen atoms in total. The monoisotopic (exact) mass is 515 g/mol. The fourth-order valence-electron chi connectivity index (χ4n) is 7.43. The Morgan fingerprint density at radius 2 is 1.46 bits per heavy atom. The molecule has 1 heterocycles. The molecule has 5 aromatic rings. The maximum absolute atomic E-state index is 2.67. The number of aromatic nitrogens is 2. The summed E-state index contributed by atoms with van der Waals surface area (Å²) in [7, 11) is 2.26. The second-order valence-electron chi connectivity index (χ2n) is 13.8. The molecule has 39 heavy (non-hydrogen) atoms. The lowest BCUT2D eigenvalue weighted by Gasteiger charge is -2.29. The smallest absolute Gasteiger partial charge is 0.229 e. The zero-order chi connectivity index (χ0) is 28.0. The van der Waals surface area contributed by atoms with Crippen LogP contribution in [0.25, 0.3) is 38.6 Å². The van der Waals surface area contributed by atoms with Crippen molar-refractivity contribution in [1.29, 1.82) is 0 Å². The van der Waals surface area contributed by atoms with Gasteiger partial charge in [-0.2, -0.15) is 4.57 Å². The predicted molar refractivity (Wildman–Crippen MR) is 166 cm³/mol. The molecule has 4 aromatic carbocycles. The van der Waals surface area contributed by atoms with E-state index < -0.39 is 0 Å². The third-order valence-electron chi connectivity index (χ3n) is 8.97. The number of fused-ring (bicyclic) bond motifs is 6. The Bertz CT molecular complexity index is 1770. The van der Waals surface area contributed by atoms with Gasteiger partial charge in [-0.3, -0.25) is 0 Å². The van der Waals surface area contributed by atoms with Crippen LogP contribution in [0.3, 0.4) is 0 Å². The Hall–Kier alpha value is -3.39. The zero-order valence-corrected chi connectivity index (χ0v) is 25.4. The summed E-state index contributed by atoms with van der Waals surface area (Å²) in [4.78, 5) is 0. The summed E-state index contributed by atoms with van der Waals surface area (Å²) < 4.78 is 5.12. The number of benzene rings is 4. The molecular formula is C37H43N2+. The first-order valence-corrected chi connectivity index (χ1v) is 14.6. The van der Waals surface area contributed by atoms with Crippen LogP contribution in [0, 0.1) is 0 Å². The highest BCUT2D eigenvalue weighted by atomic mass is 15.2. The molecule has 0 unspecified atom stereocenters. The second-order valence-corrected chi connectivity index (χ2v) is 13.8. The minimum Gasteiger partial charge on any atom is -0.229 e. The first-order chi connectivity index (χ1) is 18.4. The van der Waals surface area contributed by atoms with Gasteiger partial charge in [0.1, 0.15) is 5.69 Å². The van der Waals surface area contributed by atoms with Gasteiger partial charge in [-0.25, -0.2) is 4.57 Å². The van der Waals surface area contributed by atoms with E-state index in [4.69, 9.17) is 0 Å². The van der Waals surface area contributed by atoms with Crippen molar-refractivity contribution in [1.82, 2.24) is 4.57 Å². The number of hydrogen-bond donors (Lipinski definition) is 0. The molecular weight excluding hydrogens is 472 g/mol. The number of rotatable bonds is 3. The first kappa shape index (κ1) is 25.9. The van der Waals surface area contributed by atoms with Crippen LogP contribution in [-0.2, 0) is 17.9 Å². The SMILES string of the molecule is CC(C)c1cc2c(c(C(C)C)c1-[n+]1c(C(C)(C)C)n(C)c3ccc4ccccc4c31)C(C)(C)c1ccccc1-2. The van der Waals surface area contributed by atoms with Crippen LogP contribution < -0.4 is 4.57 Å². The number of aryl methyl sites for hydroxylation is 1. The van der Waals surface area contributed by atoms with Gasteiger partial charge in [0.25, 0.3) is 5.82 Å². The predicted octanol–water partition coefficient (Wildman–Crippen LogP) is 9.46. The molecule has 0 N–H and O–H groups in total. The molecule has 0 fully saturated rings. The van der Waals surface area contributed by atoms with Gasteiger partial charge in [0.15, 0.2) is 11.0 Å². The van der Waals surface area contributed by atoms with E-state index in [0.717, 1.165) is 0 Å². The Kier molecular flexibility index (Phi) is 5.67. The van der Waals surface area contributed by atoms with E-state index in [1.165, 1.54) is 66.7 Å². The number of hydrogen-bond acceptors (Lipinski definition) is 0. The largest absolute Gasteiger partial charge is 0.267 e. The van der Waals surface area contributed by atoms with Gasteiger partial charge in [-0.1, -0.05) is 84.0 Å². The maximum atomic E-state index is 2.67. The van der Waals surface area contributed by atoms with Crippen LogP contribution >= 0.6 is 0 Å².